The lowest BCUT2D eigenvalue weighted by Crippen LogP contribution is -2.38. The summed E-state index contributed by atoms with van der Waals surface area (Å²) in [6, 6.07) is 6.59. The van der Waals surface area contributed by atoms with Crippen molar-refractivity contribution in [3.63, 3.8) is 0 Å². The Morgan fingerprint density at radius 3 is 3.00 bits per heavy atom. The topological polar surface area (TPSA) is 44.7 Å². The van der Waals surface area contributed by atoms with Gasteiger partial charge < -0.3 is 15.2 Å². The van der Waals surface area contributed by atoms with E-state index in [0.717, 1.165) is 35.4 Å². The van der Waals surface area contributed by atoms with Crippen molar-refractivity contribution in [2.45, 2.75) is 25.4 Å². The maximum atomic E-state index is 9.27. The molecule has 1 aliphatic heterocycles. The lowest BCUT2D eigenvalue weighted by Gasteiger charge is -2.25. The molecule has 0 bridgehead atoms. The van der Waals surface area contributed by atoms with Crippen LogP contribution in [0.3, 0.4) is 0 Å². The summed E-state index contributed by atoms with van der Waals surface area (Å²) in [5.41, 5.74) is 1.15. The highest BCUT2D eigenvalue weighted by Crippen LogP contribution is 2.24. The van der Waals surface area contributed by atoms with Crippen molar-refractivity contribution >= 4 is 15.9 Å². The van der Waals surface area contributed by atoms with Crippen molar-refractivity contribution in [3.8, 4) is 5.75 Å². The number of aliphatic hydroxyl groups excluding tert-OH is 1. The number of hydrogen-bond acceptors (Lipinski definition) is 4. The summed E-state index contributed by atoms with van der Waals surface area (Å²) in [7, 11) is 1.70. The number of aliphatic hydroxyl groups is 1. The Morgan fingerprint density at radius 1 is 1.50 bits per heavy atom. The van der Waals surface area contributed by atoms with Crippen LogP contribution < -0.4 is 10.1 Å². The largest absolute Gasteiger partial charge is 0.496 e. The average Bonchev–Trinajstić information content (AvgIpc) is 2.92. The lowest BCUT2D eigenvalue weighted by atomic mass is 10.1. The standard InChI is InChI=1S/C15H23BrN2O2/c1-20-15-5-4-13(16)9-12(15)10-18(7-8-19)11-14-3-2-6-17-14/h4-5,9,14,17,19H,2-3,6-8,10-11H2,1H3. The van der Waals surface area contributed by atoms with Gasteiger partial charge in [-0.2, -0.15) is 0 Å². The first-order valence-electron chi connectivity index (χ1n) is 7.12. The van der Waals surface area contributed by atoms with Gasteiger partial charge in [0.15, 0.2) is 0 Å². The highest BCUT2D eigenvalue weighted by molar-refractivity contribution is 9.10. The zero-order valence-electron chi connectivity index (χ0n) is 11.9. The fourth-order valence-corrected chi connectivity index (χ4v) is 3.12. The van der Waals surface area contributed by atoms with Crippen molar-refractivity contribution < 1.29 is 9.84 Å². The molecule has 1 fully saturated rings. The van der Waals surface area contributed by atoms with Gasteiger partial charge in [-0.3, -0.25) is 4.90 Å². The van der Waals surface area contributed by atoms with Gasteiger partial charge in [-0.05, 0) is 37.6 Å². The Balaban J connectivity index is 2.04. The van der Waals surface area contributed by atoms with Crippen molar-refractivity contribution in [2.24, 2.45) is 0 Å². The van der Waals surface area contributed by atoms with E-state index < -0.39 is 0 Å². The third kappa shape index (κ3) is 4.45. The molecule has 112 valence electrons. The smallest absolute Gasteiger partial charge is 0.123 e. The molecule has 0 radical (unpaired) electrons. The molecule has 20 heavy (non-hydrogen) atoms. The van der Waals surface area contributed by atoms with Gasteiger partial charge in [-0.25, -0.2) is 0 Å². The summed E-state index contributed by atoms with van der Waals surface area (Å²) in [4.78, 5) is 2.28. The van der Waals surface area contributed by atoms with Crippen LogP contribution in [0.25, 0.3) is 0 Å². The number of hydrogen-bond donors (Lipinski definition) is 2. The van der Waals surface area contributed by atoms with Crippen LogP contribution in [-0.4, -0.2) is 49.4 Å². The van der Waals surface area contributed by atoms with Crippen molar-refractivity contribution in [3.05, 3.63) is 28.2 Å². The molecular weight excluding hydrogens is 320 g/mol. The highest BCUT2D eigenvalue weighted by Gasteiger charge is 2.18. The van der Waals surface area contributed by atoms with Crippen LogP contribution in [0.4, 0.5) is 0 Å². The SMILES string of the molecule is COc1ccc(Br)cc1CN(CCO)CC1CCCN1. The maximum Gasteiger partial charge on any atom is 0.123 e. The molecule has 1 atom stereocenters. The van der Waals surface area contributed by atoms with Crippen LogP contribution in [0.15, 0.2) is 22.7 Å². The normalized spacial score (nSPS) is 18.7. The molecule has 1 aromatic carbocycles. The van der Waals surface area contributed by atoms with Crippen molar-refractivity contribution in [2.75, 3.05) is 33.4 Å². The van der Waals surface area contributed by atoms with E-state index in [1.807, 2.05) is 12.1 Å². The molecule has 0 saturated carbocycles. The van der Waals surface area contributed by atoms with Gasteiger partial charge in [0.2, 0.25) is 0 Å². The number of halogens is 1. The minimum atomic E-state index is 0.184. The molecule has 2 N–H and O–H groups in total. The van der Waals surface area contributed by atoms with Gasteiger partial charge >= 0.3 is 0 Å². The third-order valence-electron chi connectivity index (χ3n) is 3.69. The molecule has 5 heteroatoms. The Kier molecular flexibility index (Phi) is 6.29. The maximum absolute atomic E-state index is 9.27. The fourth-order valence-electron chi connectivity index (χ4n) is 2.71. The van der Waals surface area contributed by atoms with Gasteiger partial charge in [0.05, 0.1) is 13.7 Å². The van der Waals surface area contributed by atoms with E-state index in [0.29, 0.717) is 12.6 Å². The zero-order chi connectivity index (χ0) is 14.4. The van der Waals surface area contributed by atoms with E-state index in [1.165, 1.54) is 12.8 Å². The minimum Gasteiger partial charge on any atom is -0.496 e. The van der Waals surface area contributed by atoms with Gasteiger partial charge in [-0.15, -0.1) is 0 Å². The van der Waals surface area contributed by atoms with Crippen LogP contribution in [0.5, 0.6) is 5.75 Å². The second-order valence-corrected chi connectivity index (χ2v) is 6.12. The van der Waals surface area contributed by atoms with Crippen molar-refractivity contribution in [1.29, 1.82) is 0 Å². The molecule has 1 aliphatic rings. The van der Waals surface area contributed by atoms with Gasteiger partial charge in [0.25, 0.3) is 0 Å². The van der Waals surface area contributed by atoms with E-state index >= 15 is 0 Å². The number of methoxy groups -OCH3 is 1. The zero-order valence-corrected chi connectivity index (χ0v) is 13.5. The third-order valence-corrected chi connectivity index (χ3v) is 4.19. The Hall–Kier alpha value is -0.620. The van der Waals surface area contributed by atoms with Gasteiger partial charge in [0.1, 0.15) is 5.75 Å². The lowest BCUT2D eigenvalue weighted by molar-refractivity contribution is 0.177. The summed E-state index contributed by atoms with van der Waals surface area (Å²) in [5, 5.41) is 12.8. The Labute approximate surface area is 129 Å². The molecule has 1 heterocycles. The van der Waals surface area contributed by atoms with Crippen molar-refractivity contribution in [1.82, 2.24) is 10.2 Å². The summed E-state index contributed by atoms with van der Waals surface area (Å²) in [6.45, 7) is 3.74. The summed E-state index contributed by atoms with van der Waals surface area (Å²) >= 11 is 3.51. The van der Waals surface area contributed by atoms with Gasteiger partial charge in [0, 0.05) is 35.7 Å². The average molecular weight is 343 g/mol. The van der Waals surface area contributed by atoms with Crippen LogP contribution in [0, 0.1) is 0 Å². The molecule has 1 saturated heterocycles. The molecular formula is C15H23BrN2O2. The first-order chi connectivity index (χ1) is 9.72. The van der Waals surface area contributed by atoms with E-state index in [1.54, 1.807) is 7.11 Å². The molecule has 2 rings (SSSR count). The van der Waals surface area contributed by atoms with E-state index in [4.69, 9.17) is 4.74 Å². The van der Waals surface area contributed by atoms with E-state index in [9.17, 15) is 5.11 Å². The molecule has 1 unspecified atom stereocenters. The minimum absolute atomic E-state index is 0.184. The molecule has 0 aliphatic carbocycles. The van der Waals surface area contributed by atoms with E-state index in [2.05, 4.69) is 32.2 Å². The predicted molar refractivity (Wildman–Crippen MR) is 84.1 cm³/mol. The van der Waals surface area contributed by atoms with Crippen LogP contribution >= 0.6 is 15.9 Å². The second kappa shape index (κ2) is 7.98. The highest BCUT2D eigenvalue weighted by atomic mass is 79.9. The molecule has 4 nitrogen and oxygen atoms in total. The van der Waals surface area contributed by atoms with Crippen LogP contribution in [0.1, 0.15) is 18.4 Å². The predicted octanol–water partition coefficient (Wildman–Crippen LogP) is 2.00. The first-order valence-corrected chi connectivity index (χ1v) is 7.91. The number of ether oxygens (including phenoxy) is 1. The van der Waals surface area contributed by atoms with Crippen LogP contribution in [-0.2, 0) is 6.54 Å². The Bertz CT molecular complexity index is 422. The monoisotopic (exact) mass is 342 g/mol. The number of benzene rings is 1. The first kappa shape index (κ1) is 15.8. The molecule has 1 aromatic rings. The molecule has 0 aromatic heterocycles. The summed E-state index contributed by atoms with van der Waals surface area (Å²) in [6.07, 6.45) is 2.47. The number of rotatable bonds is 7. The fraction of sp³-hybridized carbons (Fsp3) is 0.600. The summed E-state index contributed by atoms with van der Waals surface area (Å²) in [5.74, 6) is 0.899. The van der Waals surface area contributed by atoms with Crippen LogP contribution in [0.2, 0.25) is 0 Å². The Morgan fingerprint density at radius 2 is 2.35 bits per heavy atom. The number of nitrogens with one attached hydrogen (secondary N) is 1. The summed E-state index contributed by atoms with van der Waals surface area (Å²) < 4.78 is 6.48. The second-order valence-electron chi connectivity index (χ2n) is 5.21. The van der Waals surface area contributed by atoms with E-state index in [-0.39, 0.29) is 6.61 Å². The van der Waals surface area contributed by atoms with Gasteiger partial charge in [-0.1, -0.05) is 15.9 Å². The number of nitrogens with zero attached hydrogens (tertiary/aromatic N) is 1. The quantitative estimate of drug-likeness (QED) is 0.795. The molecule has 0 spiro atoms. The molecule has 0 amide bonds.